The highest BCUT2D eigenvalue weighted by atomic mass is 19.0. The summed E-state index contributed by atoms with van der Waals surface area (Å²) >= 11 is 0. The van der Waals surface area contributed by atoms with Gasteiger partial charge in [-0.2, -0.15) is 0 Å². The van der Waals surface area contributed by atoms with E-state index in [0.717, 1.165) is 93.7 Å². The zero-order chi connectivity index (χ0) is 46.6. The van der Waals surface area contributed by atoms with Gasteiger partial charge in [-0.25, -0.2) is 0 Å². The van der Waals surface area contributed by atoms with Gasteiger partial charge in [-0.05, 0) is 186 Å². The predicted molar refractivity (Wildman–Crippen MR) is 280 cm³/mol. The van der Waals surface area contributed by atoms with Crippen molar-refractivity contribution in [2.45, 2.75) is 129 Å². The van der Waals surface area contributed by atoms with Crippen LogP contribution in [0, 0.1) is 23.7 Å². The highest BCUT2D eigenvalue weighted by molar-refractivity contribution is 5.83. The SMILES string of the molecule is C.CC(=O)C(CC1CCOCC1)c1cccnc1.CC(=O)Cc1cccnc1.CCC1CCOCC1.F.NCC(CC1CCOCC1)c1cccnc1.[B].[HH].c1cncc(C2CC3CCN(CC3)C2)c1. The van der Waals surface area contributed by atoms with Crippen molar-refractivity contribution in [3.63, 3.8) is 0 Å². The van der Waals surface area contributed by atoms with Gasteiger partial charge in [-0.3, -0.25) is 34.2 Å². The van der Waals surface area contributed by atoms with Gasteiger partial charge in [0.2, 0.25) is 0 Å². The summed E-state index contributed by atoms with van der Waals surface area (Å²) in [5.41, 5.74) is 10.6. The molecule has 10 heterocycles. The third kappa shape index (κ3) is 23.5. The largest absolute Gasteiger partial charge is 0.381 e. The number of nitrogens with zero attached hydrogens (tertiary/aromatic N) is 5. The van der Waals surface area contributed by atoms with Crippen LogP contribution in [0.4, 0.5) is 4.70 Å². The van der Waals surface area contributed by atoms with Gasteiger partial charge in [-0.1, -0.05) is 45.0 Å². The second kappa shape index (κ2) is 35.8. The molecule has 0 aromatic carbocycles. The minimum absolute atomic E-state index is 0. The number of Topliss-reactive ketones (excluding diaryl/α,β-unsaturated/α-hetero) is 2. The van der Waals surface area contributed by atoms with E-state index in [1.807, 2.05) is 55.1 Å². The molecule has 4 aromatic heterocycles. The fourth-order valence-electron chi connectivity index (χ4n) is 9.80. The zero-order valence-electron chi connectivity index (χ0n) is 41.4. The van der Waals surface area contributed by atoms with Crippen LogP contribution >= 0.6 is 0 Å². The molecular weight excluding hydrogens is 866 g/mol. The van der Waals surface area contributed by atoms with Crippen molar-refractivity contribution in [2.24, 2.45) is 29.4 Å². The van der Waals surface area contributed by atoms with Crippen molar-refractivity contribution >= 4 is 20.0 Å². The van der Waals surface area contributed by atoms with E-state index in [-0.39, 0.29) is 39.5 Å². The Kier molecular flexibility index (Phi) is 31.6. The Labute approximate surface area is 418 Å². The van der Waals surface area contributed by atoms with E-state index < -0.39 is 0 Å². The minimum atomic E-state index is 0. The molecule has 4 aromatic rings. The Hall–Kier alpha value is -4.27. The van der Waals surface area contributed by atoms with E-state index in [9.17, 15) is 9.59 Å². The van der Waals surface area contributed by atoms with Gasteiger partial charge in [0.15, 0.2) is 0 Å². The molecule has 0 aliphatic carbocycles. The molecule has 6 fully saturated rings. The molecule has 2 bridgehead atoms. The molecule has 69 heavy (non-hydrogen) atoms. The van der Waals surface area contributed by atoms with Crippen LogP contribution in [0.25, 0.3) is 0 Å². The summed E-state index contributed by atoms with van der Waals surface area (Å²) < 4.78 is 15.9. The van der Waals surface area contributed by atoms with Gasteiger partial charge >= 0.3 is 0 Å². The summed E-state index contributed by atoms with van der Waals surface area (Å²) in [7, 11) is 0. The number of nitrogens with two attached hydrogens (primary N) is 1. The van der Waals surface area contributed by atoms with E-state index in [4.69, 9.17) is 19.9 Å². The zero-order valence-corrected chi connectivity index (χ0v) is 41.4. The lowest BCUT2D eigenvalue weighted by Gasteiger charge is -2.26. The average molecular weight is 954 g/mol. The average Bonchev–Trinajstić information content (AvgIpc) is 3.72. The molecule has 6 aliphatic rings. The molecule has 2 N–H and O–H groups in total. The van der Waals surface area contributed by atoms with E-state index in [2.05, 4.69) is 56.2 Å². The molecular formula is C56H87BFN6O5. The smallest absolute Gasteiger partial charge is 0.137 e. The highest BCUT2D eigenvalue weighted by Gasteiger charge is 2.30. The fraction of sp³-hybridized carbons (Fsp3) is 0.607. The highest BCUT2D eigenvalue weighted by Crippen LogP contribution is 2.35. The first-order chi connectivity index (χ1) is 32.3. The third-order valence-electron chi connectivity index (χ3n) is 13.9. The molecule has 3 radical (unpaired) electrons. The number of carbonyl (C=O) groups excluding carboxylic acids is 2. The quantitative estimate of drug-likeness (QED) is 0.136. The lowest BCUT2D eigenvalue weighted by Crippen LogP contribution is -2.31. The Morgan fingerprint density at radius 3 is 1.61 bits per heavy atom. The summed E-state index contributed by atoms with van der Waals surface area (Å²) in [6, 6.07) is 16.0. The Bertz CT molecular complexity index is 1860. The van der Waals surface area contributed by atoms with Crippen LogP contribution in [-0.4, -0.2) is 111 Å². The first-order valence-corrected chi connectivity index (χ1v) is 25.0. The Balaban J connectivity index is 0.000000441. The van der Waals surface area contributed by atoms with Crippen molar-refractivity contribution < 1.29 is 29.9 Å². The van der Waals surface area contributed by atoms with Gasteiger partial charge in [0.05, 0.1) is 0 Å². The first kappa shape index (κ1) is 60.9. The van der Waals surface area contributed by atoms with Crippen molar-refractivity contribution in [1.29, 1.82) is 0 Å². The van der Waals surface area contributed by atoms with Gasteiger partial charge in [0.25, 0.3) is 0 Å². The number of aromatic nitrogens is 4. The molecule has 3 atom stereocenters. The van der Waals surface area contributed by atoms with Crippen LogP contribution < -0.4 is 5.73 Å². The monoisotopic (exact) mass is 954 g/mol. The standard InChI is InChI=1S/C14H19NO2.C13H20N2O.C13H18N2.C8H9NO.C7H14O.CH4.B.FH.H2/c1-11(16)14(13-3-2-6-15-10-13)9-12-4-7-17-8-5-12;14-9-13(12-2-1-5-15-10-12)8-11-3-6-16-7-4-11;1-2-12(9-14-5-1)13-8-11-3-6-15(10-13)7-4-11;1-7(10)5-8-3-2-4-9-6-8;1-2-7-3-5-8-6-4-7;;;;/h2-3,6,10,12,14H,4-5,7-9H2,1H3;1-2,5,10-11,13H,3-4,6-9,14H2;1-2,5,9,11,13H,3-4,6-8,10H2;2-4,6H,5H2,1H3;7H,2-6H2,1H3;1H4;;2*1H. The van der Waals surface area contributed by atoms with Crippen molar-refractivity contribution in [1.82, 2.24) is 24.8 Å². The van der Waals surface area contributed by atoms with E-state index in [1.54, 1.807) is 32.4 Å². The Morgan fingerprint density at radius 1 is 0.681 bits per heavy atom. The molecule has 0 amide bonds. The minimum Gasteiger partial charge on any atom is -0.381 e. The molecule has 10 rings (SSSR count). The number of piperidine rings is 1. The molecule has 6 saturated heterocycles. The van der Waals surface area contributed by atoms with Crippen LogP contribution in [0.5, 0.6) is 0 Å². The van der Waals surface area contributed by atoms with Crippen LogP contribution in [0.2, 0.25) is 0 Å². The lowest BCUT2D eigenvalue weighted by molar-refractivity contribution is -0.119. The number of hydrogen-bond acceptors (Lipinski definition) is 11. The summed E-state index contributed by atoms with van der Waals surface area (Å²) in [5, 5.41) is 0. The van der Waals surface area contributed by atoms with Crippen LogP contribution in [0.1, 0.15) is 147 Å². The van der Waals surface area contributed by atoms with E-state index in [1.165, 1.54) is 88.5 Å². The maximum atomic E-state index is 11.8. The second-order valence-corrected chi connectivity index (χ2v) is 18.9. The number of rotatable bonds is 12. The molecule has 0 saturated carbocycles. The number of carbonyl (C=O) groups is 2. The molecule has 11 nitrogen and oxygen atoms in total. The fourth-order valence-corrected chi connectivity index (χ4v) is 9.80. The maximum Gasteiger partial charge on any atom is 0.137 e. The summed E-state index contributed by atoms with van der Waals surface area (Å²) in [5.74, 6) is 4.91. The number of hydrogen-bond donors (Lipinski definition) is 1. The number of halogens is 1. The topological polar surface area (TPSA) is 143 Å². The third-order valence-corrected chi connectivity index (χ3v) is 13.9. The number of fused-ring (bicyclic) bond motifs is 4. The number of ether oxygens (including phenoxy) is 3. The predicted octanol–water partition coefficient (Wildman–Crippen LogP) is 10.5. The summed E-state index contributed by atoms with van der Waals surface area (Å²) in [6.45, 7) is 15.6. The molecule has 13 heteroatoms. The molecule has 6 aliphatic heterocycles. The first-order valence-electron chi connectivity index (χ1n) is 25.0. The Morgan fingerprint density at radius 2 is 1.17 bits per heavy atom. The summed E-state index contributed by atoms with van der Waals surface area (Å²) in [6.07, 6.45) is 29.9. The van der Waals surface area contributed by atoms with Crippen LogP contribution in [-0.2, 0) is 30.2 Å². The van der Waals surface area contributed by atoms with Gasteiger partial charge in [-0.15, -0.1) is 0 Å². The van der Waals surface area contributed by atoms with Crippen molar-refractivity contribution in [3.8, 4) is 0 Å². The van der Waals surface area contributed by atoms with E-state index >= 15 is 0 Å². The van der Waals surface area contributed by atoms with Crippen LogP contribution in [0.3, 0.4) is 0 Å². The normalized spacial score (nSPS) is 20.9. The molecule has 381 valence electrons. The van der Waals surface area contributed by atoms with Crippen LogP contribution in [0.15, 0.2) is 98.1 Å². The van der Waals surface area contributed by atoms with Gasteiger partial charge < -0.3 is 24.8 Å². The lowest BCUT2D eigenvalue weighted by atomic mass is 9.84. The second-order valence-electron chi connectivity index (χ2n) is 18.9. The van der Waals surface area contributed by atoms with Gasteiger partial charge in [0, 0.05) is 118 Å². The number of ketones is 2. The summed E-state index contributed by atoms with van der Waals surface area (Å²) in [4.78, 5) is 41.4. The van der Waals surface area contributed by atoms with Crippen molar-refractivity contribution in [3.05, 3.63) is 120 Å². The van der Waals surface area contributed by atoms with Gasteiger partial charge in [0.1, 0.15) is 11.6 Å². The molecule has 3 unspecified atom stereocenters. The molecule has 0 spiro atoms. The van der Waals surface area contributed by atoms with E-state index in [0.29, 0.717) is 24.8 Å². The maximum absolute atomic E-state index is 11.8. The van der Waals surface area contributed by atoms with Crippen molar-refractivity contribution in [2.75, 3.05) is 65.8 Å². The number of pyridine rings is 4.